The average Bonchev–Trinajstić information content (AvgIpc) is 2.73. The predicted molar refractivity (Wildman–Crippen MR) is 111 cm³/mol. The van der Waals surface area contributed by atoms with Gasteiger partial charge in [0.05, 0.1) is 10.6 Å². The van der Waals surface area contributed by atoms with E-state index in [0.29, 0.717) is 24.7 Å². The van der Waals surface area contributed by atoms with Crippen molar-refractivity contribution in [2.45, 2.75) is 11.8 Å². The third-order valence-corrected chi connectivity index (χ3v) is 7.45. The van der Waals surface area contributed by atoms with Gasteiger partial charge in [-0.2, -0.15) is 0 Å². The number of rotatable bonds is 8. The summed E-state index contributed by atoms with van der Waals surface area (Å²) in [7, 11) is -7.03. The van der Waals surface area contributed by atoms with Crippen LogP contribution >= 0.6 is 0 Å². The van der Waals surface area contributed by atoms with Crippen LogP contribution in [0.5, 0.6) is 11.5 Å². The molecule has 0 radical (unpaired) electrons. The van der Waals surface area contributed by atoms with Gasteiger partial charge >= 0.3 is 0 Å². The van der Waals surface area contributed by atoms with E-state index < -0.39 is 25.8 Å². The van der Waals surface area contributed by atoms with Crippen LogP contribution < -0.4 is 19.5 Å². The summed E-state index contributed by atoms with van der Waals surface area (Å²) in [6.45, 7) is 2.30. The van der Waals surface area contributed by atoms with Gasteiger partial charge in [-0.3, -0.25) is 9.52 Å². The second kappa shape index (κ2) is 8.92. The molecular formula is C19H22N2O7S2. The third-order valence-electron chi connectivity index (χ3n) is 4.36. The van der Waals surface area contributed by atoms with Gasteiger partial charge in [-0.15, -0.1) is 0 Å². The Kier molecular flexibility index (Phi) is 6.52. The Bertz CT molecular complexity index is 1130. The number of amides is 1. The zero-order valence-electron chi connectivity index (χ0n) is 16.3. The zero-order valence-corrected chi connectivity index (χ0v) is 17.9. The molecule has 0 aromatic heterocycles. The zero-order chi connectivity index (χ0) is 21.8. The number of benzene rings is 2. The summed E-state index contributed by atoms with van der Waals surface area (Å²) in [5.41, 5.74) is 0.557. The van der Waals surface area contributed by atoms with Gasteiger partial charge in [0.15, 0.2) is 21.3 Å². The van der Waals surface area contributed by atoms with Gasteiger partial charge < -0.3 is 14.8 Å². The molecule has 0 unspecified atom stereocenters. The van der Waals surface area contributed by atoms with Crippen molar-refractivity contribution in [2.75, 3.05) is 36.0 Å². The van der Waals surface area contributed by atoms with Crippen molar-refractivity contribution in [3.05, 3.63) is 48.0 Å². The Morgan fingerprint density at radius 2 is 1.63 bits per heavy atom. The van der Waals surface area contributed by atoms with Crippen molar-refractivity contribution in [2.24, 2.45) is 0 Å². The topological polar surface area (TPSA) is 128 Å². The number of hydrogen-bond acceptors (Lipinski definition) is 7. The van der Waals surface area contributed by atoms with Gasteiger partial charge in [-0.1, -0.05) is 6.92 Å². The number of hydrogen-bond donors (Lipinski definition) is 2. The number of carbonyl (C=O) groups excluding carboxylic acids is 1. The van der Waals surface area contributed by atoms with Gasteiger partial charge in [0, 0.05) is 29.6 Å². The molecule has 0 atom stereocenters. The molecule has 0 fully saturated rings. The lowest BCUT2D eigenvalue weighted by Crippen LogP contribution is -2.29. The Labute approximate surface area is 175 Å². The Morgan fingerprint density at radius 1 is 0.967 bits per heavy atom. The fourth-order valence-electron chi connectivity index (χ4n) is 2.66. The maximum Gasteiger partial charge on any atom is 0.262 e. The molecule has 2 N–H and O–H groups in total. The summed E-state index contributed by atoms with van der Waals surface area (Å²) in [5, 5.41) is 2.53. The van der Waals surface area contributed by atoms with Gasteiger partial charge in [0.25, 0.3) is 15.9 Å². The highest BCUT2D eigenvalue weighted by molar-refractivity contribution is 7.92. The second-order valence-corrected chi connectivity index (χ2v) is 10.6. The number of sulfone groups is 1. The van der Waals surface area contributed by atoms with Crippen LogP contribution in [-0.4, -0.2) is 54.0 Å². The summed E-state index contributed by atoms with van der Waals surface area (Å²) in [6, 6.07) is 10.2. The summed E-state index contributed by atoms with van der Waals surface area (Å²) >= 11 is 0. The number of ether oxygens (including phenoxy) is 2. The van der Waals surface area contributed by atoms with Crippen molar-refractivity contribution in [1.82, 2.24) is 5.32 Å². The first-order valence-electron chi connectivity index (χ1n) is 9.21. The fraction of sp³-hybridized carbons (Fsp3) is 0.316. The van der Waals surface area contributed by atoms with E-state index >= 15 is 0 Å². The van der Waals surface area contributed by atoms with Crippen LogP contribution in [0.25, 0.3) is 0 Å². The lowest BCUT2D eigenvalue weighted by atomic mass is 10.2. The highest BCUT2D eigenvalue weighted by Gasteiger charge is 2.19. The Morgan fingerprint density at radius 3 is 2.30 bits per heavy atom. The summed E-state index contributed by atoms with van der Waals surface area (Å²) < 4.78 is 61.4. The standard InChI is InChI=1S/C19H22N2O7S2/c1-2-29(23,24)12-9-20-19(22)14-3-5-15(6-4-14)21-30(25,26)16-7-8-17-18(13-16)28-11-10-27-17/h3-8,13,21H,2,9-12H2,1H3,(H,20,22). The number of fused-ring (bicyclic) bond motifs is 1. The molecule has 2 aromatic rings. The number of anilines is 1. The molecule has 1 heterocycles. The minimum Gasteiger partial charge on any atom is -0.486 e. The normalized spacial score (nSPS) is 13.5. The van der Waals surface area contributed by atoms with Gasteiger partial charge in [0.1, 0.15) is 13.2 Å². The van der Waals surface area contributed by atoms with Crippen molar-refractivity contribution < 1.29 is 31.1 Å². The molecule has 0 aliphatic carbocycles. The van der Waals surface area contributed by atoms with Crippen LogP contribution in [0.1, 0.15) is 17.3 Å². The van der Waals surface area contributed by atoms with Crippen LogP contribution in [0.3, 0.4) is 0 Å². The van der Waals surface area contributed by atoms with E-state index in [4.69, 9.17) is 9.47 Å². The molecule has 30 heavy (non-hydrogen) atoms. The summed E-state index contributed by atoms with van der Waals surface area (Å²) in [4.78, 5) is 12.1. The van der Waals surface area contributed by atoms with Crippen LogP contribution in [0.15, 0.2) is 47.4 Å². The van der Waals surface area contributed by atoms with Crippen molar-refractivity contribution in [3.63, 3.8) is 0 Å². The molecule has 2 aromatic carbocycles. The molecule has 11 heteroatoms. The molecule has 3 rings (SSSR count). The van der Waals surface area contributed by atoms with Crippen molar-refractivity contribution in [3.8, 4) is 11.5 Å². The SMILES string of the molecule is CCS(=O)(=O)CCNC(=O)c1ccc(NS(=O)(=O)c2ccc3c(c2)OCCO3)cc1. The maximum absolute atomic E-state index is 12.6. The molecule has 1 aliphatic rings. The van der Waals surface area contributed by atoms with Crippen LogP contribution in [0, 0.1) is 0 Å². The first-order valence-corrected chi connectivity index (χ1v) is 12.5. The quantitative estimate of drug-likeness (QED) is 0.617. The molecule has 162 valence electrons. The summed E-state index contributed by atoms with van der Waals surface area (Å²) in [6.07, 6.45) is 0. The average molecular weight is 455 g/mol. The van der Waals surface area contributed by atoms with E-state index in [2.05, 4.69) is 10.0 Å². The van der Waals surface area contributed by atoms with Crippen LogP contribution in [-0.2, 0) is 19.9 Å². The van der Waals surface area contributed by atoms with Gasteiger partial charge in [-0.25, -0.2) is 16.8 Å². The van der Waals surface area contributed by atoms with Crippen molar-refractivity contribution >= 4 is 31.5 Å². The first kappa shape index (κ1) is 21.9. The molecule has 1 amide bonds. The van der Waals surface area contributed by atoms with E-state index in [1.807, 2.05) is 0 Å². The van der Waals surface area contributed by atoms with Gasteiger partial charge in [0.2, 0.25) is 0 Å². The number of nitrogens with one attached hydrogen (secondary N) is 2. The van der Waals surface area contributed by atoms with Crippen molar-refractivity contribution in [1.29, 1.82) is 0 Å². The molecule has 1 aliphatic heterocycles. The third kappa shape index (κ3) is 5.42. The van der Waals surface area contributed by atoms with Gasteiger partial charge in [-0.05, 0) is 36.4 Å². The Hall–Kier alpha value is -2.79. The number of carbonyl (C=O) groups is 1. The molecular weight excluding hydrogens is 432 g/mol. The first-order chi connectivity index (χ1) is 14.2. The maximum atomic E-state index is 12.6. The molecule has 0 saturated heterocycles. The largest absolute Gasteiger partial charge is 0.486 e. The fourth-order valence-corrected chi connectivity index (χ4v) is 4.44. The Balaban J connectivity index is 1.64. The lowest BCUT2D eigenvalue weighted by molar-refractivity contribution is 0.0956. The number of sulfonamides is 1. The lowest BCUT2D eigenvalue weighted by Gasteiger charge is -2.19. The smallest absolute Gasteiger partial charge is 0.262 e. The van der Waals surface area contributed by atoms with E-state index in [9.17, 15) is 21.6 Å². The predicted octanol–water partition coefficient (Wildman–Crippen LogP) is 1.42. The highest BCUT2D eigenvalue weighted by Crippen LogP contribution is 2.32. The van der Waals surface area contributed by atoms with Crippen LogP contribution in [0.4, 0.5) is 5.69 Å². The van der Waals surface area contributed by atoms with E-state index in [0.717, 1.165) is 0 Å². The van der Waals surface area contributed by atoms with E-state index in [1.165, 1.54) is 42.5 Å². The molecule has 0 saturated carbocycles. The molecule has 0 bridgehead atoms. The molecule has 0 spiro atoms. The minimum atomic E-state index is -3.87. The second-order valence-electron chi connectivity index (χ2n) is 6.48. The van der Waals surface area contributed by atoms with E-state index in [1.54, 1.807) is 6.92 Å². The monoisotopic (exact) mass is 454 g/mol. The minimum absolute atomic E-state index is 0.00744. The molecule has 9 nitrogen and oxygen atoms in total. The summed E-state index contributed by atoms with van der Waals surface area (Å²) in [5.74, 6) is 0.287. The van der Waals surface area contributed by atoms with E-state index in [-0.39, 0.29) is 34.2 Å². The highest BCUT2D eigenvalue weighted by atomic mass is 32.2. The van der Waals surface area contributed by atoms with Crippen LogP contribution in [0.2, 0.25) is 0 Å².